The van der Waals surface area contributed by atoms with E-state index in [1.165, 1.54) is 17.1 Å². The highest BCUT2D eigenvalue weighted by Crippen LogP contribution is 2.36. The van der Waals surface area contributed by atoms with Crippen LogP contribution in [0.15, 0.2) is 89.3 Å². The van der Waals surface area contributed by atoms with Crippen molar-refractivity contribution in [2.45, 2.75) is 19.6 Å². The second-order valence-corrected chi connectivity index (χ2v) is 7.79. The number of carbonyl (C=O) groups excluding carboxylic acids is 2. The van der Waals surface area contributed by atoms with Crippen LogP contribution in [0.5, 0.6) is 0 Å². The lowest BCUT2D eigenvalue weighted by atomic mass is 10.0. The maximum absolute atomic E-state index is 13.6. The van der Waals surface area contributed by atoms with Crippen LogP contribution in [0.4, 0.5) is 4.39 Å². The molecule has 0 radical (unpaired) electrons. The summed E-state index contributed by atoms with van der Waals surface area (Å²) in [5.41, 5.74) is 3.02. The maximum atomic E-state index is 13.6. The van der Waals surface area contributed by atoms with E-state index in [2.05, 4.69) is 25.9 Å². The number of hydrazone groups is 2. The Bertz CT molecular complexity index is 1270. The van der Waals surface area contributed by atoms with Crippen LogP contribution in [0, 0.1) is 5.82 Å². The molecule has 1 atom stereocenters. The first-order chi connectivity index (χ1) is 16.9. The molecule has 1 aliphatic heterocycles. The summed E-state index contributed by atoms with van der Waals surface area (Å²) in [5.74, 6) is -0.647. The minimum Gasteiger partial charge on any atom is -0.443 e. The van der Waals surface area contributed by atoms with Gasteiger partial charge in [0, 0.05) is 36.0 Å². The molecule has 0 spiro atoms. The SMILES string of the molecule is C/C(=N\NC(=O)CNC(=O)c1ccccc1)N1N=C(c2ccncc2)OC1(C)c1ccc(F)cc1. The summed E-state index contributed by atoms with van der Waals surface area (Å²) in [7, 11) is 0. The molecule has 1 aliphatic rings. The number of benzene rings is 2. The second-order valence-electron chi connectivity index (χ2n) is 7.79. The number of amides is 2. The minimum absolute atomic E-state index is 0.262. The summed E-state index contributed by atoms with van der Waals surface area (Å²) in [6.45, 7) is 3.15. The van der Waals surface area contributed by atoms with Gasteiger partial charge in [-0.25, -0.2) is 14.8 Å². The summed E-state index contributed by atoms with van der Waals surface area (Å²) in [4.78, 5) is 28.4. The first-order valence-electron chi connectivity index (χ1n) is 10.8. The lowest BCUT2D eigenvalue weighted by Gasteiger charge is -2.32. The lowest BCUT2D eigenvalue weighted by molar-refractivity contribution is -0.120. The normalized spacial score (nSPS) is 17.4. The third kappa shape index (κ3) is 5.32. The topological polar surface area (TPSA) is 108 Å². The number of rotatable bonds is 6. The van der Waals surface area contributed by atoms with Crippen LogP contribution in [0.3, 0.4) is 0 Å². The van der Waals surface area contributed by atoms with Crippen molar-refractivity contribution in [2.24, 2.45) is 10.2 Å². The summed E-state index contributed by atoms with van der Waals surface area (Å²) < 4.78 is 19.8. The molecular formula is C25H23FN6O3. The van der Waals surface area contributed by atoms with Gasteiger partial charge >= 0.3 is 0 Å². The van der Waals surface area contributed by atoms with Crippen molar-refractivity contribution in [1.82, 2.24) is 20.7 Å². The Morgan fingerprint density at radius 3 is 2.43 bits per heavy atom. The van der Waals surface area contributed by atoms with Crippen molar-refractivity contribution in [3.63, 3.8) is 0 Å². The average Bonchev–Trinajstić information content (AvgIpc) is 3.25. The van der Waals surface area contributed by atoms with Crippen LogP contribution in [0.1, 0.15) is 35.3 Å². The van der Waals surface area contributed by atoms with Gasteiger partial charge in [-0.1, -0.05) is 30.3 Å². The van der Waals surface area contributed by atoms with Gasteiger partial charge in [-0.05, 0) is 43.3 Å². The van der Waals surface area contributed by atoms with E-state index in [0.29, 0.717) is 28.4 Å². The highest BCUT2D eigenvalue weighted by molar-refractivity contribution is 5.98. The summed E-state index contributed by atoms with van der Waals surface area (Å²) in [6, 6.07) is 17.9. The van der Waals surface area contributed by atoms with Gasteiger partial charge in [0.25, 0.3) is 11.8 Å². The van der Waals surface area contributed by atoms with E-state index in [9.17, 15) is 14.0 Å². The molecule has 10 heteroatoms. The molecule has 0 bridgehead atoms. The number of ether oxygens (including phenoxy) is 1. The van der Waals surface area contributed by atoms with Crippen molar-refractivity contribution in [2.75, 3.05) is 6.54 Å². The Hall–Kier alpha value is -4.60. The number of halogens is 1. The zero-order chi connectivity index (χ0) is 24.8. The van der Waals surface area contributed by atoms with Crippen LogP contribution in [0.25, 0.3) is 0 Å². The average molecular weight is 474 g/mol. The first kappa shape index (κ1) is 23.6. The van der Waals surface area contributed by atoms with E-state index in [4.69, 9.17) is 4.74 Å². The van der Waals surface area contributed by atoms with Crippen LogP contribution in [-0.4, -0.2) is 40.1 Å². The molecule has 4 rings (SSSR count). The largest absolute Gasteiger partial charge is 0.443 e. The fourth-order valence-corrected chi connectivity index (χ4v) is 3.45. The number of nitrogens with one attached hydrogen (secondary N) is 2. The molecule has 9 nitrogen and oxygen atoms in total. The van der Waals surface area contributed by atoms with Crippen molar-refractivity contribution in [3.05, 3.63) is 102 Å². The molecule has 3 aromatic rings. The van der Waals surface area contributed by atoms with E-state index in [1.807, 2.05) is 0 Å². The van der Waals surface area contributed by atoms with E-state index in [1.54, 1.807) is 80.8 Å². The van der Waals surface area contributed by atoms with Gasteiger partial charge in [0.1, 0.15) is 11.7 Å². The Labute approximate surface area is 201 Å². The number of aromatic nitrogens is 1. The van der Waals surface area contributed by atoms with Crippen molar-refractivity contribution < 1.29 is 18.7 Å². The molecule has 0 saturated carbocycles. The monoisotopic (exact) mass is 474 g/mol. The third-order valence-electron chi connectivity index (χ3n) is 5.29. The maximum Gasteiger partial charge on any atom is 0.259 e. The zero-order valence-corrected chi connectivity index (χ0v) is 19.1. The van der Waals surface area contributed by atoms with Gasteiger partial charge in [-0.15, -0.1) is 5.10 Å². The molecular weight excluding hydrogens is 451 g/mol. The Morgan fingerprint density at radius 1 is 1.06 bits per heavy atom. The highest BCUT2D eigenvalue weighted by atomic mass is 19.1. The third-order valence-corrected chi connectivity index (χ3v) is 5.29. The Kier molecular flexibility index (Phi) is 6.81. The number of pyridine rings is 1. The number of hydrogen-bond acceptors (Lipinski definition) is 6. The first-order valence-corrected chi connectivity index (χ1v) is 10.8. The molecule has 0 fully saturated rings. The Morgan fingerprint density at radius 2 is 1.74 bits per heavy atom. The van der Waals surface area contributed by atoms with Gasteiger partial charge in [0.15, 0.2) is 0 Å². The summed E-state index contributed by atoms with van der Waals surface area (Å²) in [5, 5.41) is 12.7. The number of carbonyl (C=O) groups is 2. The predicted octanol–water partition coefficient (Wildman–Crippen LogP) is 2.97. The van der Waals surface area contributed by atoms with E-state index in [0.717, 1.165) is 0 Å². The number of nitrogens with zero attached hydrogens (tertiary/aromatic N) is 4. The fraction of sp³-hybridized carbons (Fsp3) is 0.160. The molecule has 2 heterocycles. The molecule has 35 heavy (non-hydrogen) atoms. The molecule has 2 amide bonds. The number of amidine groups is 1. The molecule has 0 saturated heterocycles. The summed E-state index contributed by atoms with van der Waals surface area (Å²) >= 11 is 0. The van der Waals surface area contributed by atoms with E-state index < -0.39 is 11.6 Å². The Balaban J connectivity index is 1.50. The van der Waals surface area contributed by atoms with Gasteiger partial charge in [0.05, 0.1) is 6.54 Å². The minimum atomic E-state index is -1.16. The summed E-state index contributed by atoms with van der Waals surface area (Å²) in [6.07, 6.45) is 3.23. The molecule has 1 unspecified atom stereocenters. The standard InChI is InChI=1S/C25H23FN6O3/c1-17(29-30-22(33)16-28-23(34)18-6-4-3-5-7-18)32-25(2,20-8-10-21(26)11-9-20)35-24(31-32)19-12-14-27-15-13-19/h3-15H,16H2,1-2H3,(H,28,34)(H,30,33)/b29-17+. The van der Waals surface area contributed by atoms with Gasteiger partial charge < -0.3 is 10.1 Å². The molecule has 178 valence electrons. The van der Waals surface area contributed by atoms with Crippen LogP contribution >= 0.6 is 0 Å². The molecule has 2 N–H and O–H groups in total. The second kappa shape index (κ2) is 10.1. The van der Waals surface area contributed by atoms with E-state index >= 15 is 0 Å². The van der Waals surface area contributed by atoms with Crippen LogP contribution in [-0.2, 0) is 15.3 Å². The van der Waals surface area contributed by atoms with Crippen molar-refractivity contribution in [1.29, 1.82) is 0 Å². The predicted molar refractivity (Wildman–Crippen MR) is 127 cm³/mol. The highest BCUT2D eigenvalue weighted by Gasteiger charge is 2.44. The van der Waals surface area contributed by atoms with Gasteiger partial charge in [-0.2, -0.15) is 5.10 Å². The molecule has 1 aromatic heterocycles. The van der Waals surface area contributed by atoms with Gasteiger partial charge in [0.2, 0.25) is 11.6 Å². The lowest BCUT2D eigenvalue weighted by Crippen LogP contribution is -2.43. The zero-order valence-electron chi connectivity index (χ0n) is 19.1. The van der Waals surface area contributed by atoms with Crippen LogP contribution < -0.4 is 10.7 Å². The smallest absolute Gasteiger partial charge is 0.259 e. The van der Waals surface area contributed by atoms with Crippen LogP contribution in [0.2, 0.25) is 0 Å². The van der Waals surface area contributed by atoms with Crippen molar-refractivity contribution >= 4 is 23.5 Å². The number of hydrogen-bond donors (Lipinski definition) is 2. The van der Waals surface area contributed by atoms with Gasteiger partial charge in [-0.3, -0.25) is 14.6 Å². The van der Waals surface area contributed by atoms with Crippen molar-refractivity contribution in [3.8, 4) is 0 Å². The fourth-order valence-electron chi connectivity index (χ4n) is 3.45. The molecule has 0 aliphatic carbocycles. The molecule has 2 aromatic carbocycles. The van der Waals surface area contributed by atoms with E-state index in [-0.39, 0.29) is 18.3 Å². The quantitative estimate of drug-likeness (QED) is 0.324.